The molecule has 2 aromatic carbocycles. The van der Waals surface area contributed by atoms with Crippen molar-refractivity contribution in [2.75, 3.05) is 18.1 Å². The summed E-state index contributed by atoms with van der Waals surface area (Å²) in [7, 11) is 0. The summed E-state index contributed by atoms with van der Waals surface area (Å²) in [5.41, 5.74) is 1.83. The van der Waals surface area contributed by atoms with E-state index in [0.717, 1.165) is 24.2 Å². The first-order valence-corrected chi connectivity index (χ1v) is 8.65. The van der Waals surface area contributed by atoms with Crippen LogP contribution in [0, 0.1) is 0 Å². The Morgan fingerprint density at radius 1 is 1.07 bits per heavy atom. The number of amides is 2. The van der Waals surface area contributed by atoms with Gasteiger partial charge in [0.1, 0.15) is 5.75 Å². The maximum atomic E-state index is 11.9. The number of hydrogen-bond acceptors (Lipinski definition) is 4. The average Bonchev–Trinajstić information content (AvgIpc) is 3.11. The fraction of sp³-hybridized carbons (Fsp3) is 0.250. The van der Waals surface area contributed by atoms with Crippen molar-refractivity contribution >= 4 is 23.5 Å². The molecule has 0 radical (unpaired) electrons. The van der Waals surface area contributed by atoms with E-state index in [9.17, 15) is 14.4 Å². The van der Waals surface area contributed by atoms with Crippen molar-refractivity contribution in [3.63, 3.8) is 0 Å². The van der Waals surface area contributed by atoms with Crippen LogP contribution in [-0.2, 0) is 16.1 Å². The van der Waals surface area contributed by atoms with Crippen LogP contribution in [0.4, 0.5) is 5.69 Å². The number of carboxylic acids is 1. The normalized spacial score (nSPS) is 13.5. The molecule has 2 amide bonds. The summed E-state index contributed by atoms with van der Waals surface area (Å²) in [6, 6.07) is 13.4. The van der Waals surface area contributed by atoms with Gasteiger partial charge >= 0.3 is 5.97 Å². The molecule has 7 nitrogen and oxygen atoms in total. The highest BCUT2D eigenvalue weighted by molar-refractivity contribution is 5.95. The maximum absolute atomic E-state index is 11.9. The van der Waals surface area contributed by atoms with Gasteiger partial charge in [-0.2, -0.15) is 0 Å². The van der Waals surface area contributed by atoms with Crippen molar-refractivity contribution in [3.05, 3.63) is 59.7 Å². The molecule has 140 valence electrons. The lowest BCUT2D eigenvalue weighted by Crippen LogP contribution is -2.28. The largest absolute Gasteiger partial charge is 0.484 e. The standard InChI is InChI=1S/C20H20N2O5/c23-18(21-12-14-3-5-15(6-4-14)20(25)26)13-27-17-9-7-16(8-10-17)22-11-1-2-19(22)24/h3-10H,1-2,11-13H2,(H,21,23)(H,25,26). The first-order valence-electron chi connectivity index (χ1n) is 8.65. The molecule has 0 aliphatic carbocycles. The molecule has 2 N–H and O–H groups in total. The first-order chi connectivity index (χ1) is 13.0. The van der Waals surface area contributed by atoms with E-state index in [4.69, 9.17) is 9.84 Å². The van der Waals surface area contributed by atoms with E-state index in [1.54, 1.807) is 41.3 Å². The van der Waals surface area contributed by atoms with Crippen molar-refractivity contribution in [1.82, 2.24) is 5.32 Å². The number of nitrogens with one attached hydrogen (secondary N) is 1. The molecule has 2 aromatic rings. The summed E-state index contributed by atoms with van der Waals surface area (Å²) in [6.45, 7) is 0.891. The average molecular weight is 368 g/mol. The maximum Gasteiger partial charge on any atom is 0.335 e. The molecule has 1 aliphatic heterocycles. The van der Waals surface area contributed by atoms with Gasteiger partial charge < -0.3 is 20.1 Å². The molecule has 1 fully saturated rings. The fourth-order valence-corrected chi connectivity index (χ4v) is 2.81. The van der Waals surface area contributed by atoms with E-state index in [2.05, 4.69) is 5.32 Å². The van der Waals surface area contributed by atoms with E-state index in [1.165, 1.54) is 12.1 Å². The van der Waals surface area contributed by atoms with Crippen molar-refractivity contribution in [2.24, 2.45) is 0 Å². The van der Waals surface area contributed by atoms with Crippen LogP contribution in [0.25, 0.3) is 0 Å². The fourth-order valence-electron chi connectivity index (χ4n) is 2.81. The summed E-state index contributed by atoms with van der Waals surface area (Å²) < 4.78 is 5.46. The van der Waals surface area contributed by atoms with Gasteiger partial charge in [-0.3, -0.25) is 9.59 Å². The van der Waals surface area contributed by atoms with Crippen LogP contribution < -0.4 is 15.0 Å². The van der Waals surface area contributed by atoms with Gasteiger partial charge in [0.15, 0.2) is 6.61 Å². The minimum absolute atomic E-state index is 0.124. The lowest BCUT2D eigenvalue weighted by Gasteiger charge is -2.16. The number of carbonyl (C=O) groups is 3. The second kappa shape index (κ2) is 8.35. The van der Waals surface area contributed by atoms with Crippen molar-refractivity contribution in [1.29, 1.82) is 0 Å². The predicted molar refractivity (Wildman–Crippen MR) is 98.8 cm³/mol. The Labute approximate surface area is 156 Å². The van der Waals surface area contributed by atoms with Crippen LogP contribution in [0.15, 0.2) is 48.5 Å². The van der Waals surface area contributed by atoms with Crippen molar-refractivity contribution < 1.29 is 24.2 Å². The smallest absolute Gasteiger partial charge is 0.335 e. The molecule has 0 atom stereocenters. The van der Waals surface area contributed by atoms with Crippen LogP contribution in [-0.4, -0.2) is 36.0 Å². The van der Waals surface area contributed by atoms with E-state index in [0.29, 0.717) is 12.2 Å². The molecular formula is C20H20N2O5. The minimum atomic E-state index is -0.987. The van der Waals surface area contributed by atoms with E-state index < -0.39 is 5.97 Å². The highest BCUT2D eigenvalue weighted by Gasteiger charge is 2.21. The van der Waals surface area contributed by atoms with Gasteiger partial charge in [0.25, 0.3) is 5.91 Å². The molecule has 1 saturated heterocycles. The number of ether oxygens (including phenoxy) is 1. The second-order valence-corrected chi connectivity index (χ2v) is 6.21. The summed E-state index contributed by atoms with van der Waals surface area (Å²) >= 11 is 0. The zero-order chi connectivity index (χ0) is 19.2. The molecule has 1 aliphatic rings. The Hall–Kier alpha value is -3.35. The predicted octanol–water partition coefficient (Wildman–Crippen LogP) is 2.21. The number of carbonyl (C=O) groups excluding carboxylic acids is 2. The highest BCUT2D eigenvalue weighted by atomic mass is 16.5. The molecule has 3 rings (SSSR count). The van der Waals surface area contributed by atoms with Gasteiger partial charge in [-0.15, -0.1) is 0 Å². The SMILES string of the molecule is O=C(COc1ccc(N2CCCC2=O)cc1)NCc1ccc(C(=O)O)cc1. The van der Waals surface area contributed by atoms with Gasteiger partial charge in [-0.25, -0.2) is 4.79 Å². The lowest BCUT2D eigenvalue weighted by molar-refractivity contribution is -0.123. The topological polar surface area (TPSA) is 95.9 Å². The highest BCUT2D eigenvalue weighted by Crippen LogP contribution is 2.23. The zero-order valence-electron chi connectivity index (χ0n) is 14.7. The van der Waals surface area contributed by atoms with Gasteiger partial charge in [0, 0.05) is 25.2 Å². The summed E-state index contributed by atoms with van der Waals surface area (Å²) in [4.78, 5) is 36.2. The number of anilines is 1. The summed E-state index contributed by atoms with van der Waals surface area (Å²) in [5.74, 6) is -0.596. The second-order valence-electron chi connectivity index (χ2n) is 6.21. The number of aromatic carboxylic acids is 1. The van der Waals surface area contributed by atoms with Crippen LogP contribution in [0.2, 0.25) is 0 Å². The van der Waals surface area contributed by atoms with E-state index in [-0.39, 0.29) is 30.5 Å². The Bertz CT molecular complexity index is 830. The molecule has 1 heterocycles. The molecule has 0 spiro atoms. The van der Waals surface area contributed by atoms with Crippen LogP contribution >= 0.6 is 0 Å². The number of rotatable bonds is 7. The van der Waals surface area contributed by atoms with E-state index in [1.807, 2.05) is 0 Å². The number of benzene rings is 2. The van der Waals surface area contributed by atoms with Crippen LogP contribution in [0.1, 0.15) is 28.8 Å². The number of carboxylic acid groups (broad SMARTS) is 1. The lowest BCUT2D eigenvalue weighted by atomic mass is 10.1. The Morgan fingerprint density at radius 2 is 1.78 bits per heavy atom. The van der Waals surface area contributed by atoms with Crippen LogP contribution in [0.3, 0.4) is 0 Å². The third kappa shape index (κ3) is 4.84. The van der Waals surface area contributed by atoms with Gasteiger partial charge in [-0.05, 0) is 48.4 Å². The third-order valence-corrected chi connectivity index (χ3v) is 4.28. The first kappa shape index (κ1) is 18.4. The Balaban J connectivity index is 1.44. The van der Waals surface area contributed by atoms with Crippen molar-refractivity contribution in [2.45, 2.75) is 19.4 Å². The summed E-state index contributed by atoms with van der Waals surface area (Å²) in [6.07, 6.45) is 1.45. The number of nitrogens with zero attached hydrogens (tertiary/aromatic N) is 1. The molecular weight excluding hydrogens is 348 g/mol. The number of hydrogen-bond donors (Lipinski definition) is 2. The molecule has 0 bridgehead atoms. The van der Waals surface area contributed by atoms with Gasteiger partial charge in [-0.1, -0.05) is 12.1 Å². The molecule has 0 unspecified atom stereocenters. The van der Waals surface area contributed by atoms with Gasteiger partial charge in [0.05, 0.1) is 5.56 Å². The van der Waals surface area contributed by atoms with Crippen molar-refractivity contribution in [3.8, 4) is 5.75 Å². The monoisotopic (exact) mass is 368 g/mol. The molecule has 0 aromatic heterocycles. The minimum Gasteiger partial charge on any atom is -0.484 e. The third-order valence-electron chi connectivity index (χ3n) is 4.28. The molecule has 27 heavy (non-hydrogen) atoms. The van der Waals surface area contributed by atoms with Crippen LogP contribution in [0.5, 0.6) is 5.75 Å². The molecule has 0 saturated carbocycles. The van der Waals surface area contributed by atoms with E-state index >= 15 is 0 Å². The zero-order valence-corrected chi connectivity index (χ0v) is 14.7. The Morgan fingerprint density at radius 3 is 2.37 bits per heavy atom. The summed E-state index contributed by atoms with van der Waals surface area (Å²) in [5, 5.41) is 11.6. The quantitative estimate of drug-likeness (QED) is 0.781. The Kier molecular flexibility index (Phi) is 5.71. The molecule has 7 heteroatoms. The van der Waals surface area contributed by atoms with Gasteiger partial charge in [0.2, 0.25) is 5.91 Å².